The van der Waals surface area contributed by atoms with Crippen molar-refractivity contribution in [2.24, 2.45) is 0 Å². The van der Waals surface area contributed by atoms with Gasteiger partial charge in [-0.1, -0.05) is 103 Å². The van der Waals surface area contributed by atoms with Crippen molar-refractivity contribution in [3.63, 3.8) is 0 Å². The van der Waals surface area contributed by atoms with Crippen LogP contribution in [-0.2, 0) is 0 Å². The lowest BCUT2D eigenvalue weighted by atomic mass is 10.1. The van der Waals surface area contributed by atoms with Gasteiger partial charge in [0.1, 0.15) is 0 Å². The molecule has 0 spiro atoms. The fourth-order valence-electron chi connectivity index (χ4n) is 7.05. The second-order valence-corrected chi connectivity index (χ2v) is 13.8. The zero-order valence-corrected chi connectivity index (χ0v) is 29.3. The van der Waals surface area contributed by atoms with Crippen LogP contribution in [0.4, 0.5) is 51.2 Å². The molecular weight excluding hydrogens is 651 g/mol. The van der Waals surface area contributed by atoms with Crippen molar-refractivity contribution in [2.75, 3.05) is 14.7 Å². The van der Waals surface area contributed by atoms with Crippen molar-refractivity contribution >= 4 is 82.7 Å². The summed E-state index contributed by atoms with van der Waals surface area (Å²) in [6.07, 6.45) is 0. The molecule has 0 bridgehead atoms. The maximum absolute atomic E-state index is 2.39. The number of nitrogens with zero attached hydrogens (tertiary/aromatic N) is 3. The van der Waals surface area contributed by atoms with Gasteiger partial charge in [-0.05, 0) is 109 Å². The molecule has 248 valence electrons. The Morgan fingerprint density at radius 3 is 1.00 bits per heavy atom. The number of hydrogen-bond acceptors (Lipinski definition) is 4. The summed E-state index contributed by atoms with van der Waals surface area (Å²) in [5, 5.41) is 2.55. The number of rotatable bonds is 9. The molecule has 1 aromatic heterocycles. The molecule has 0 saturated heterocycles. The lowest BCUT2D eigenvalue weighted by Crippen LogP contribution is -2.14. The number of thiophene rings is 1. The van der Waals surface area contributed by atoms with Crippen LogP contribution in [0.3, 0.4) is 0 Å². The largest absolute Gasteiger partial charge is 0.310 e. The van der Waals surface area contributed by atoms with Crippen molar-refractivity contribution in [3.8, 4) is 0 Å². The van der Waals surface area contributed by atoms with Gasteiger partial charge in [0.05, 0.1) is 0 Å². The molecule has 0 fully saturated rings. The fourth-order valence-corrected chi connectivity index (χ4v) is 8.13. The first kappa shape index (κ1) is 31.4. The van der Waals surface area contributed by atoms with Crippen LogP contribution in [0.5, 0.6) is 0 Å². The Bertz CT molecular complexity index is 2380. The third kappa shape index (κ3) is 6.06. The lowest BCUT2D eigenvalue weighted by Gasteiger charge is -2.31. The van der Waals surface area contributed by atoms with Crippen LogP contribution in [0.1, 0.15) is 0 Å². The predicted octanol–water partition coefficient (Wildman–Crippen LogP) is 14.5. The molecule has 9 rings (SSSR count). The number of para-hydroxylation sites is 4. The highest BCUT2D eigenvalue weighted by Crippen LogP contribution is 2.44. The molecule has 0 aliphatic carbocycles. The monoisotopic (exact) mass is 685 g/mol. The van der Waals surface area contributed by atoms with Crippen molar-refractivity contribution < 1.29 is 0 Å². The van der Waals surface area contributed by atoms with E-state index < -0.39 is 0 Å². The summed E-state index contributed by atoms with van der Waals surface area (Å²) >= 11 is 1.85. The first-order valence-electron chi connectivity index (χ1n) is 17.5. The van der Waals surface area contributed by atoms with Crippen molar-refractivity contribution in [1.82, 2.24) is 0 Å². The van der Waals surface area contributed by atoms with E-state index in [4.69, 9.17) is 0 Å². The van der Waals surface area contributed by atoms with E-state index in [0.29, 0.717) is 0 Å². The fraction of sp³-hybridized carbons (Fsp3) is 0. The molecule has 0 aliphatic heterocycles. The van der Waals surface area contributed by atoms with E-state index in [9.17, 15) is 0 Å². The van der Waals surface area contributed by atoms with Gasteiger partial charge in [0, 0.05) is 71.4 Å². The maximum Gasteiger partial charge on any atom is 0.0482 e. The summed E-state index contributed by atoms with van der Waals surface area (Å²) in [5.74, 6) is 0. The minimum absolute atomic E-state index is 1.07. The Kier molecular flexibility index (Phi) is 8.41. The molecule has 0 radical (unpaired) electrons. The molecule has 8 aromatic carbocycles. The summed E-state index contributed by atoms with van der Waals surface area (Å²) in [6.45, 7) is 0. The first-order valence-corrected chi connectivity index (χ1v) is 18.3. The van der Waals surface area contributed by atoms with Crippen molar-refractivity contribution in [1.29, 1.82) is 0 Å². The second kappa shape index (κ2) is 13.9. The van der Waals surface area contributed by atoms with E-state index in [0.717, 1.165) is 51.2 Å². The molecule has 1 heterocycles. The summed E-state index contributed by atoms with van der Waals surface area (Å²) < 4.78 is 2.58. The normalized spacial score (nSPS) is 11.1. The number of benzene rings is 8. The topological polar surface area (TPSA) is 9.72 Å². The minimum atomic E-state index is 1.07. The molecule has 0 N–H and O–H groups in total. The van der Waals surface area contributed by atoms with Gasteiger partial charge in [0.25, 0.3) is 0 Å². The van der Waals surface area contributed by atoms with Gasteiger partial charge in [-0.25, -0.2) is 0 Å². The lowest BCUT2D eigenvalue weighted by molar-refractivity contribution is 1.24. The van der Waals surface area contributed by atoms with E-state index >= 15 is 0 Å². The standard InChI is InChI=1S/C48H35N3S/c1-5-17-36(18-6-1)49(37-19-7-2-8-20-37)40-25-15-27-42(33-40)51(44-31-32-48-46(35-44)45-29-13-14-30-47(45)52-48)43-28-16-26-41(34-43)50(38-21-9-3-10-22-38)39-23-11-4-12-24-39/h1-35H. The second-order valence-electron chi connectivity index (χ2n) is 12.7. The van der Waals surface area contributed by atoms with Crippen LogP contribution < -0.4 is 14.7 Å². The van der Waals surface area contributed by atoms with Crippen molar-refractivity contribution in [3.05, 3.63) is 212 Å². The third-order valence-corrected chi connectivity index (χ3v) is 10.5. The number of hydrogen-bond donors (Lipinski definition) is 0. The Hall–Kier alpha value is -6.62. The molecule has 0 amide bonds. The quantitative estimate of drug-likeness (QED) is 0.150. The van der Waals surface area contributed by atoms with E-state index in [1.165, 1.54) is 20.2 Å². The molecule has 0 saturated carbocycles. The van der Waals surface area contributed by atoms with Gasteiger partial charge >= 0.3 is 0 Å². The molecule has 0 unspecified atom stereocenters. The molecule has 4 heteroatoms. The van der Waals surface area contributed by atoms with E-state index in [-0.39, 0.29) is 0 Å². The Morgan fingerprint density at radius 1 is 0.231 bits per heavy atom. The summed E-state index contributed by atoms with van der Waals surface area (Å²) in [7, 11) is 0. The molecule has 0 atom stereocenters. The van der Waals surface area contributed by atoms with Crippen molar-refractivity contribution in [2.45, 2.75) is 0 Å². The number of fused-ring (bicyclic) bond motifs is 3. The Balaban J connectivity index is 1.24. The SMILES string of the molecule is c1ccc(N(c2ccccc2)c2cccc(N(c3cccc(N(c4ccccc4)c4ccccc4)c3)c3ccc4sc5ccccc5c4c3)c2)cc1. The van der Waals surface area contributed by atoms with Crippen LogP contribution in [0.2, 0.25) is 0 Å². The Labute approximate surface area is 308 Å². The summed E-state index contributed by atoms with van der Waals surface area (Å²) in [5.41, 5.74) is 9.80. The Morgan fingerprint density at radius 2 is 0.558 bits per heavy atom. The molecule has 0 aliphatic rings. The minimum Gasteiger partial charge on any atom is -0.310 e. The predicted molar refractivity (Wildman–Crippen MR) is 223 cm³/mol. The van der Waals surface area contributed by atoms with Gasteiger partial charge < -0.3 is 14.7 Å². The van der Waals surface area contributed by atoms with Crippen LogP contribution in [0.15, 0.2) is 212 Å². The molecule has 9 aromatic rings. The number of anilines is 9. The van der Waals surface area contributed by atoms with Crippen LogP contribution in [-0.4, -0.2) is 0 Å². The maximum atomic E-state index is 2.39. The van der Waals surface area contributed by atoms with Crippen LogP contribution in [0.25, 0.3) is 20.2 Å². The van der Waals surface area contributed by atoms with E-state index in [1.54, 1.807) is 0 Å². The van der Waals surface area contributed by atoms with Crippen LogP contribution >= 0.6 is 11.3 Å². The van der Waals surface area contributed by atoms with E-state index in [1.807, 2.05) is 11.3 Å². The average Bonchev–Trinajstić information content (AvgIpc) is 3.58. The van der Waals surface area contributed by atoms with Gasteiger partial charge in [0.2, 0.25) is 0 Å². The third-order valence-electron chi connectivity index (χ3n) is 9.37. The highest BCUT2D eigenvalue weighted by molar-refractivity contribution is 7.25. The summed E-state index contributed by atoms with van der Waals surface area (Å²) in [4.78, 5) is 7.03. The smallest absolute Gasteiger partial charge is 0.0482 e. The van der Waals surface area contributed by atoms with E-state index in [2.05, 4.69) is 227 Å². The van der Waals surface area contributed by atoms with Gasteiger partial charge in [-0.2, -0.15) is 0 Å². The highest BCUT2D eigenvalue weighted by Gasteiger charge is 2.20. The van der Waals surface area contributed by atoms with Gasteiger partial charge in [-0.15, -0.1) is 11.3 Å². The summed E-state index contributed by atoms with van der Waals surface area (Å²) in [6, 6.07) is 75.7. The van der Waals surface area contributed by atoms with Crippen LogP contribution in [0, 0.1) is 0 Å². The molecule has 52 heavy (non-hydrogen) atoms. The van der Waals surface area contributed by atoms with Gasteiger partial charge in [-0.3, -0.25) is 0 Å². The zero-order valence-electron chi connectivity index (χ0n) is 28.5. The molecule has 3 nitrogen and oxygen atoms in total. The van der Waals surface area contributed by atoms with Gasteiger partial charge in [0.15, 0.2) is 0 Å². The molecular formula is C48H35N3S. The average molecular weight is 686 g/mol. The highest BCUT2D eigenvalue weighted by atomic mass is 32.1. The first-order chi connectivity index (χ1) is 25.8. The zero-order chi connectivity index (χ0) is 34.7.